The smallest absolute Gasteiger partial charge is 0.276 e. The van der Waals surface area contributed by atoms with Crippen molar-refractivity contribution in [3.63, 3.8) is 0 Å². The molecule has 3 aromatic heterocycles. The van der Waals surface area contributed by atoms with Gasteiger partial charge in [0.25, 0.3) is 5.91 Å². The number of hydrogen-bond acceptors (Lipinski definition) is 8. The Balaban J connectivity index is 1.19. The van der Waals surface area contributed by atoms with Crippen LogP contribution in [0.5, 0.6) is 0 Å². The summed E-state index contributed by atoms with van der Waals surface area (Å²) in [4.78, 5) is 18.9. The van der Waals surface area contributed by atoms with Crippen molar-refractivity contribution >= 4 is 17.5 Å². The lowest BCUT2D eigenvalue weighted by molar-refractivity contribution is 0.0736. The van der Waals surface area contributed by atoms with Crippen LogP contribution in [0.2, 0.25) is 0 Å². The van der Waals surface area contributed by atoms with Gasteiger partial charge in [-0.05, 0) is 37.1 Å². The maximum atomic E-state index is 12.7. The molecule has 150 valence electrons. The summed E-state index contributed by atoms with van der Waals surface area (Å²) < 4.78 is 10.5. The van der Waals surface area contributed by atoms with E-state index in [-0.39, 0.29) is 5.91 Å². The van der Waals surface area contributed by atoms with Gasteiger partial charge in [0.15, 0.2) is 23.1 Å². The van der Waals surface area contributed by atoms with Crippen LogP contribution in [-0.4, -0.2) is 65.4 Å². The zero-order valence-corrected chi connectivity index (χ0v) is 16.0. The number of nitrogens with zero attached hydrogens (tertiary/aromatic N) is 6. The largest absolute Gasteiger partial charge is 0.461 e. The van der Waals surface area contributed by atoms with Crippen LogP contribution in [0.1, 0.15) is 23.3 Å². The van der Waals surface area contributed by atoms with Crippen molar-refractivity contribution in [1.29, 1.82) is 0 Å². The molecule has 2 aliphatic heterocycles. The topological polar surface area (TPSA) is 91.7 Å². The van der Waals surface area contributed by atoms with Gasteiger partial charge in [-0.2, -0.15) is 0 Å². The molecular formula is C20H22N6O3. The lowest BCUT2D eigenvalue weighted by atomic mass is 10.2. The maximum Gasteiger partial charge on any atom is 0.276 e. The fourth-order valence-corrected chi connectivity index (χ4v) is 3.81. The molecule has 0 aromatic carbocycles. The van der Waals surface area contributed by atoms with Gasteiger partial charge < -0.3 is 23.6 Å². The molecule has 9 heteroatoms. The normalized spacial score (nSPS) is 17.2. The molecule has 0 unspecified atom stereocenters. The van der Waals surface area contributed by atoms with Crippen LogP contribution < -0.4 is 9.80 Å². The Labute approximate surface area is 167 Å². The van der Waals surface area contributed by atoms with E-state index in [1.165, 1.54) is 12.8 Å². The molecule has 5 rings (SSSR count). The zero-order valence-electron chi connectivity index (χ0n) is 16.0. The third-order valence-electron chi connectivity index (χ3n) is 5.45. The lowest BCUT2D eigenvalue weighted by Crippen LogP contribution is -2.49. The summed E-state index contributed by atoms with van der Waals surface area (Å²) in [5, 5.41) is 12.7. The van der Waals surface area contributed by atoms with E-state index in [4.69, 9.17) is 8.94 Å². The summed E-state index contributed by atoms with van der Waals surface area (Å²) in [6, 6.07) is 9.21. The second-order valence-corrected chi connectivity index (χ2v) is 7.28. The Morgan fingerprint density at radius 2 is 1.55 bits per heavy atom. The number of amides is 1. The van der Waals surface area contributed by atoms with Crippen LogP contribution >= 0.6 is 0 Å². The molecule has 0 spiro atoms. The molecule has 3 aromatic rings. The first-order chi connectivity index (χ1) is 14.3. The summed E-state index contributed by atoms with van der Waals surface area (Å²) in [7, 11) is 0. The number of furan rings is 1. The summed E-state index contributed by atoms with van der Waals surface area (Å²) in [5.41, 5.74) is 0.291. The molecule has 0 bridgehead atoms. The summed E-state index contributed by atoms with van der Waals surface area (Å²) >= 11 is 0. The van der Waals surface area contributed by atoms with E-state index >= 15 is 0 Å². The number of carbonyl (C=O) groups excluding carboxylic acids is 1. The van der Waals surface area contributed by atoms with E-state index < -0.39 is 0 Å². The lowest BCUT2D eigenvalue weighted by Gasteiger charge is -2.34. The maximum absolute atomic E-state index is 12.7. The monoisotopic (exact) mass is 394 g/mol. The number of rotatable bonds is 4. The molecule has 0 radical (unpaired) electrons. The predicted octanol–water partition coefficient (Wildman–Crippen LogP) is 2.29. The van der Waals surface area contributed by atoms with Gasteiger partial charge in [-0.3, -0.25) is 4.79 Å². The third-order valence-corrected chi connectivity index (χ3v) is 5.45. The fraction of sp³-hybridized carbons (Fsp3) is 0.400. The van der Waals surface area contributed by atoms with Gasteiger partial charge in [0, 0.05) is 45.3 Å². The Kier molecular flexibility index (Phi) is 4.63. The van der Waals surface area contributed by atoms with E-state index in [0.717, 1.165) is 24.7 Å². The molecule has 29 heavy (non-hydrogen) atoms. The summed E-state index contributed by atoms with van der Waals surface area (Å²) in [6.07, 6.45) is 3.99. The number of aromatic nitrogens is 3. The highest BCUT2D eigenvalue weighted by atomic mass is 16.5. The third kappa shape index (κ3) is 3.55. The number of hydrogen-bond donors (Lipinski definition) is 0. The fourth-order valence-electron chi connectivity index (χ4n) is 3.81. The van der Waals surface area contributed by atoms with Crippen LogP contribution in [0.25, 0.3) is 11.5 Å². The van der Waals surface area contributed by atoms with Crippen LogP contribution in [0, 0.1) is 0 Å². The van der Waals surface area contributed by atoms with Crippen molar-refractivity contribution in [2.75, 3.05) is 49.1 Å². The standard InChI is InChI=1S/C20H22N6O3/c27-20(15-14-17(29-23-15)16-4-3-13-28-16)26-11-9-25(10-12-26)19-6-5-18(21-22-19)24-7-1-2-8-24/h3-6,13-14H,1-2,7-12H2. The minimum absolute atomic E-state index is 0.137. The van der Waals surface area contributed by atoms with Crippen molar-refractivity contribution in [3.05, 3.63) is 42.3 Å². The van der Waals surface area contributed by atoms with Gasteiger partial charge in [0.2, 0.25) is 5.76 Å². The Bertz CT molecular complexity index is 955. The van der Waals surface area contributed by atoms with E-state index in [1.807, 2.05) is 12.1 Å². The molecule has 0 saturated carbocycles. The van der Waals surface area contributed by atoms with Gasteiger partial charge in [-0.15, -0.1) is 10.2 Å². The van der Waals surface area contributed by atoms with Gasteiger partial charge in [0.1, 0.15) is 0 Å². The minimum atomic E-state index is -0.137. The van der Waals surface area contributed by atoms with E-state index in [1.54, 1.807) is 29.4 Å². The van der Waals surface area contributed by atoms with Crippen LogP contribution in [0.3, 0.4) is 0 Å². The van der Waals surface area contributed by atoms with Crippen LogP contribution in [-0.2, 0) is 0 Å². The molecule has 0 atom stereocenters. The number of piperazine rings is 1. The van der Waals surface area contributed by atoms with Gasteiger partial charge >= 0.3 is 0 Å². The van der Waals surface area contributed by atoms with Crippen molar-refractivity contribution in [3.8, 4) is 11.5 Å². The van der Waals surface area contributed by atoms with Crippen molar-refractivity contribution in [2.24, 2.45) is 0 Å². The number of carbonyl (C=O) groups is 1. The van der Waals surface area contributed by atoms with Crippen LogP contribution in [0.4, 0.5) is 11.6 Å². The molecule has 1 amide bonds. The van der Waals surface area contributed by atoms with Crippen molar-refractivity contribution in [1.82, 2.24) is 20.3 Å². The molecule has 2 saturated heterocycles. The number of anilines is 2. The Morgan fingerprint density at radius 1 is 0.862 bits per heavy atom. The highest BCUT2D eigenvalue weighted by Gasteiger charge is 2.26. The van der Waals surface area contributed by atoms with Crippen molar-refractivity contribution in [2.45, 2.75) is 12.8 Å². The van der Waals surface area contributed by atoms with E-state index in [0.29, 0.717) is 43.4 Å². The summed E-state index contributed by atoms with van der Waals surface area (Å²) in [6.45, 7) is 4.70. The molecule has 2 aliphatic rings. The SMILES string of the molecule is O=C(c1cc(-c2ccco2)on1)N1CCN(c2ccc(N3CCCC3)nn2)CC1. The highest BCUT2D eigenvalue weighted by molar-refractivity contribution is 5.93. The predicted molar refractivity (Wildman–Crippen MR) is 106 cm³/mol. The first-order valence-electron chi connectivity index (χ1n) is 9.91. The average Bonchev–Trinajstić information content (AvgIpc) is 3.55. The van der Waals surface area contributed by atoms with Gasteiger partial charge in [-0.25, -0.2) is 0 Å². The molecule has 9 nitrogen and oxygen atoms in total. The first-order valence-corrected chi connectivity index (χ1v) is 9.91. The van der Waals surface area contributed by atoms with E-state index in [2.05, 4.69) is 25.2 Å². The minimum Gasteiger partial charge on any atom is -0.461 e. The van der Waals surface area contributed by atoms with Crippen molar-refractivity contribution < 1.29 is 13.7 Å². The second kappa shape index (κ2) is 7.57. The average molecular weight is 394 g/mol. The zero-order chi connectivity index (χ0) is 19.6. The Hall–Kier alpha value is -3.36. The van der Waals surface area contributed by atoms with Crippen LogP contribution in [0.15, 0.2) is 45.5 Å². The highest BCUT2D eigenvalue weighted by Crippen LogP contribution is 2.23. The summed E-state index contributed by atoms with van der Waals surface area (Å²) in [5.74, 6) is 2.66. The molecule has 0 aliphatic carbocycles. The second-order valence-electron chi connectivity index (χ2n) is 7.28. The molecule has 0 N–H and O–H groups in total. The molecule has 5 heterocycles. The van der Waals surface area contributed by atoms with Gasteiger partial charge in [0.05, 0.1) is 6.26 Å². The molecule has 2 fully saturated rings. The van der Waals surface area contributed by atoms with Gasteiger partial charge in [-0.1, -0.05) is 5.16 Å². The first kappa shape index (κ1) is 17.7. The Morgan fingerprint density at radius 3 is 2.17 bits per heavy atom. The quantitative estimate of drug-likeness (QED) is 0.666. The molecular weight excluding hydrogens is 372 g/mol. The van der Waals surface area contributed by atoms with E-state index in [9.17, 15) is 4.79 Å².